The van der Waals surface area contributed by atoms with Gasteiger partial charge in [-0.3, -0.25) is 13.9 Å². The van der Waals surface area contributed by atoms with Crippen molar-refractivity contribution in [3.05, 3.63) is 77.1 Å². The lowest BCUT2D eigenvalue weighted by Gasteiger charge is -2.32. The lowest BCUT2D eigenvalue weighted by molar-refractivity contribution is -0.139. The Kier molecular flexibility index (Phi) is 11.6. The number of ether oxygens (including phenoxy) is 3. The number of nitrogens with zero attached hydrogens (tertiary/aromatic N) is 2. The van der Waals surface area contributed by atoms with Crippen LogP contribution < -0.4 is 23.8 Å². The number of amides is 2. The molecule has 0 fully saturated rings. The number of benzene rings is 3. The molecular formula is C30H35ClFN3O7S. The van der Waals surface area contributed by atoms with Crippen LogP contribution in [0.5, 0.6) is 17.2 Å². The normalized spacial score (nSPS) is 11.8. The highest BCUT2D eigenvalue weighted by molar-refractivity contribution is 7.92. The van der Waals surface area contributed by atoms with E-state index in [1.807, 2.05) is 6.92 Å². The molecule has 0 aliphatic rings. The average molecular weight is 636 g/mol. The van der Waals surface area contributed by atoms with Gasteiger partial charge < -0.3 is 24.4 Å². The topological polar surface area (TPSA) is 114 Å². The minimum Gasteiger partial charge on any atom is -0.495 e. The molecule has 232 valence electrons. The second kappa shape index (κ2) is 14.9. The highest BCUT2D eigenvalue weighted by Gasteiger charge is 2.34. The van der Waals surface area contributed by atoms with Crippen LogP contribution in [0.15, 0.2) is 65.6 Å². The number of rotatable bonds is 14. The zero-order valence-electron chi connectivity index (χ0n) is 24.6. The summed E-state index contributed by atoms with van der Waals surface area (Å²) in [5, 5.41) is 2.92. The van der Waals surface area contributed by atoms with Crippen molar-refractivity contribution in [3.8, 4) is 17.2 Å². The van der Waals surface area contributed by atoms with Gasteiger partial charge in [-0.2, -0.15) is 0 Å². The van der Waals surface area contributed by atoms with Gasteiger partial charge in [0.2, 0.25) is 11.8 Å². The lowest BCUT2D eigenvalue weighted by Crippen LogP contribution is -2.51. The van der Waals surface area contributed by atoms with Crippen LogP contribution in [0, 0.1) is 5.82 Å². The van der Waals surface area contributed by atoms with Crippen molar-refractivity contribution in [3.63, 3.8) is 0 Å². The number of carbonyl (C=O) groups is 2. The van der Waals surface area contributed by atoms with Crippen molar-refractivity contribution in [2.45, 2.75) is 37.8 Å². The molecule has 43 heavy (non-hydrogen) atoms. The first-order valence-electron chi connectivity index (χ1n) is 13.4. The minimum absolute atomic E-state index is 0.0212. The number of halogens is 2. The maximum Gasteiger partial charge on any atom is 0.265 e. The maximum atomic E-state index is 14.7. The van der Waals surface area contributed by atoms with Crippen LogP contribution in [0.4, 0.5) is 10.1 Å². The van der Waals surface area contributed by atoms with Crippen molar-refractivity contribution in [1.82, 2.24) is 10.2 Å². The van der Waals surface area contributed by atoms with Gasteiger partial charge in [-0.15, -0.1) is 0 Å². The molecule has 3 aromatic carbocycles. The molecule has 1 unspecified atom stereocenters. The zero-order valence-corrected chi connectivity index (χ0v) is 26.2. The molecule has 0 aromatic heterocycles. The summed E-state index contributed by atoms with van der Waals surface area (Å²) in [5.41, 5.74) is 0.132. The van der Waals surface area contributed by atoms with Crippen LogP contribution in [-0.4, -0.2) is 65.6 Å². The van der Waals surface area contributed by atoms with Gasteiger partial charge in [0.05, 0.1) is 31.9 Å². The van der Waals surface area contributed by atoms with E-state index >= 15 is 0 Å². The van der Waals surface area contributed by atoms with E-state index in [1.54, 1.807) is 6.07 Å². The second-order valence-corrected chi connectivity index (χ2v) is 11.7. The summed E-state index contributed by atoms with van der Waals surface area (Å²) in [7, 11) is -0.371. The van der Waals surface area contributed by atoms with Crippen molar-refractivity contribution in [2.75, 3.05) is 38.7 Å². The Morgan fingerprint density at radius 3 is 2.23 bits per heavy atom. The van der Waals surface area contributed by atoms with Crippen LogP contribution in [0.2, 0.25) is 5.02 Å². The molecule has 0 saturated heterocycles. The average Bonchev–Trinajstić information content (AvgIpc) is 3.01. The molecule has 0 radical (unpaired) electrons. The van der Waals surface area contributed by atoms with Crippen LogP contribution >= 0.6 is 11.6 Å². The molecule has 0 bridgehead atoms. The molecular weight excluding hydrogens is 601 g/mol. The molecule has 1 N–H and O–H groups in total. The van der Waals surface area contributed by atoms with Crippen LogP contribution in [0.1, 0.15) is 25.8 Å². The van der Waals surface area contributed by atoms with E-state index in [-0.39, 0.29) is 39.2 Å². The lowest BCUT2D eigenvalue weighted by atomic mass is 10.1. The summed E-state index contributed by atoms with van der Waals surface area (Å²) >= 11 is 6.26. The van der Waals surface area contributed by atoms with E-state index in [0.717, 1.165) is 9.21 Å². The maximum absolute atomic E-state index is 14.7. The predicted molar refractivity (Wildman–Crippen MR) is 162 cm³/mol. The Balaban J connectivity index is 2.15. The Bertz CT molecular complexity index is 1550. The van der Waals surface area contributed by atoms with Gasteiger partial charge in [-0.05, 0) is 49.7 Å². The van der Waals surface area contributed by atoms with E-state index in [1.165, 1.54) is 82.9 Å². The highest BCUT2D eigenvalue weighted by atomic mass is 35.5. The van der Waals surface area contributed by atoms with Crippen molar-refractivity contribution in [1.29, 1.82) is 0 Å². The number of hydrogen-bond donors (Lipinski definition) is 1. The largest absolute Gasteiger partial charge is 0.495 e. The Morgan fingerprint density at radius 2 is 1.60 bits per heavy atom. The number of sulfonamides is 1. The third-order valence-electron chi connectivity index (χ3n) is 6.65. The number of hydrogen-bond acceptors (Lipinski definition) is 7. The summed E-state index contributed by atoms with van der Waals surface area (Å²) < 4.78 is 59.9. The molecule has 10 nitrogen and oxygen atoms in total. The molecule has 0 aliphatic carbocycles. The summed E-state index contributed by atoms with van der Waals surface area (Å²) in [6.45, 7) is 2.68. The summed E-state index contributed by atoms with van der Waals surface area (Å²) in [6, 6.07) is 13.1. The standard InChI is InChI=1S/C30H35ClFN3O7S/c1-6-15-33-30(37)20(2)34(18-21-9-7-8-10-24(21)32)29(36)19-35(25-16-22(31)11-13-26(25)40-3)43(38,39)23-12-14-27(41-4)28(17-23)42-5/h7-14,16-17,20H,6,15,18-19H2,1-5H3,(H,33,37). The first-order chi connectivity index (χ1) is 20.5. The fourth-order valence-corrected chi connectivity index (χ4v) is 5.86. The Morgan fingerprint density at radius 1 is 0.953 bits per heavy atom. The number of anilines is 1. The van der Waals surface area contributed by atoms with Gasteiger partial charge in [-0.1, -0.05) is 36.7 Å². The van der Waals surface area contributed by atoms with Gasteiger partial charge in [0, 0.05) is 29.7 Å². The van der Waals surface area contributed by atoms with Crippen LogP contribution in [-0.2, 0) is 26.2 Å². The van der Waals surface area contributed by atoms with Crippen LogP contribution in [0.3, 0.4) is 0 Å². The molecule has 0 spiro atoms. The molecule has 0 saturated carbocycles. The minimum atomic E-state index is -4.49. The third kappa shape index (κ3) is 7.88. The summed E-state index contributed by atoms with van der Waals surface area (Å²) in [5.74, 6) is -1.25. The molecule has 0 heterocycles. The highest BCUT2D eigenvalue weighted by Crippen LogP contribution is 2.37. The predicted octanol–water partition coefficient (Wildman–Crippen LogP) is 4.64. The first kappa shape index (κ1) is 33.5. The summed E-state index contributed by atoms with van der Waals surface area (Å²) in [6.07, 6.45) is 0.658. The first-order valence-corrected chi connectivity index (χ1v) is 15.2. The molecule has 3 aromatic rings. The fourth-order valence-electron chi connectivity index (χ4n) is 4.26. The number of nitrogens with one attached hydrogen (secondary N) is 1. The SMILES string of the molecule is CCCNC(=O)C(C)N(Cc1ccccc1F)C(=O)CN(c1cc(Cl)ccc1OC)S(=O)(=O)c1ccc(OC)c(OC)c1. The van der Waals surface area contributed by atoms with E-state index in [0.29, 0.717) is 18.7 Å². The van der Waals surface area contributed by atoms with Crippen molar-refractivity contribution in [2.24, 2.45) is 0 Å². The summed E-state index contributed by atoms with van der Waals surface area (Å²) in [4.78, 5) is 27.9. The quantitative estimate of drug-likeness (QED) is 0.274. The third-order valence-corrected chi connectivity index (χ3v) is 8.64. The van der Waals surface area contributed by atoms with E-state index in [9.17, 15) is 22.4 Å². The van der Waals surface area contributed by atoms with E-state index in [2.05, 4.69) is 5.32 Å². The van der Waals surface area contributed by atoms with Crippen molar-refractivity contribution < 1.29 is 36.6 Å². The molecule has 3 rings (SSSR count). The van der Waals surface area contributed by atoms with E-state index < -0.39 is 40.2 Å². The van der Waals surface area contributed by atoms with Crippen molar-refractivity contribution >= 4 is 39.1 Å². The molecule has 1 atom stereocenters. The Labute approximate surface area is 256 Å². The second-order valence-electron chi connectivity index (χ2n) is 9.42. The monoisotopic (exact) mass is 635 g/mol. The fraction of sp³-hybridized carbons (Fsp3) is 0.333. The molecule has 0 aliphatic heterocycles. The van der Waals surface area contributed by atoms with Gasteiger partial charge in [0.1, 0.15) is 24.2 Å². The van der Waals surface area contributed by atoms with Gasteiger partial charge >= 0.3 is 0 Å². The van der Waals surface area contributed by atoms with E-state index in [4.69, 9.17) is 25.8 Å². The molecule has 2 amide bonds. The molecule has 13 heteroatoms. The Hall–Kier alpha value is -4.03. The number of methoxy groups -OCH3 is 3. The smallest absolute Gasteiger partial charge is 0.265 e. The zero-order chi connectivity index (χ0) is 31.7. The number of carbonyl (C=O) groups excluding carboxylic acids is 2. The van der Waals surface area contributed by atoms with Gasteiger partial charge in [0.25, 0.3) is 10.0 Å². The van der Waals surface area contributed by atoms with Crippen LogP contribution in [0.25, 0.3) is 0 Å². The van der Waals surface area contributed by atoms with Gasteiger partial charge in [-0.25, -0.2) is 12.8 Å². The van der Waals surface area contributed by atoms with Gasteiger partial charge in [0.15, 0.2) is 11.5 Å².